The van der Waals surface area contributed by atoms with E-state index in [0.717, 1.165) is 24.2 Å². The van der Waals surface area contributed by atoms with Gasteiger partial charge in [0.1, 0.15) is 0 Å². The topological polar surface area (TPSA) is 0 Å². The summed E-state index contributed by atoms with van der Waals surface area (Å²) < 4.78 is 0.199. The predicted molar refractivity (Wildman–Crippen MR) is 239 cm³/mol. The number of benzene rings is 4. The molecule has 0 saturated heterocycles. The zero-order valence-corrected chi connectivity index (χ0v) is 39.6. The summed E-state index contributed by atoms with van der Waals surface area (Å²) in [5, 5.41) is 0. The summed E-state index contributed by atoms with van der Waals surface area (Å²) in [6.07, 6.45) is 14.7. The molecule has 4 fully saturated rings. The molecular formula is C51H61Cl2SiZr. The van der Waals surface area contributed by atoms with Gasteiger partial charge in [0.15, 0.2) is 0 Å². The van der Waals surface area contributed by atoms with Crippen LogP contribution in [0.4, 0.5) is 0 Å². The van der Waals surface area contributed by atoms with Crippen molar-refractivity contribution in [2.45, 2.75) is 118 Å². The quantitative estimate of drug-likeness (QED) is 0.155. The van der Waals surface area contributed by atoms with Crippen molar-refractivity contribution in [3.63, 3.8) is 0 Å². The number of halogens is 2. The monoisotopic (exact) mass is 861 g/mol. The van der Waals surface area contributed by atoms with Gasteiger partial charge < -0.3 is 0 Å². The second kappa shape index (κ2) is 13.5. The molecule has 0 N–H and O–H groups in total. The van der Waals surface area contributed by atoms with Crippen LogP contribution in [0.15, 0.2) is 96.1 Å². The van der Waals surface area contributed by atoms with Gasteiger partial charge in [0.05, 0.1) is 0 Å². The van der Waals surface area contributed by atoms with E-state index in [9.17, 15) is 0 Å². The van der Waals surface area contributed by atoms with E-state index in [1.165, 1.54) is 99.7 Å². The summed E-state index contributed by atoms with van der Waals surface area (Å²) in [4.78, 5) is 0. The second-order valence-corrected chi connectivity index (χ2v) is 62.8. The fourth-order valence-electron chi connectivity index (χ4n) is 12.9. The molecule has 4 heteroatoms. The molecule has 55 heavy (non-hydrogen) atoms. The molecule has 0 nitrogen and oxygen atoms in total. The third-order valence-corrected chi connectivity index (χ3v) is 67.2. The summed E-state index contributed by atoms with van der Waals surface area (Å²) in [6.45, 7) is 18.9. The van der Waals surface area contributed by atoms with Gasteiger partial charge in [-0.25, -0.2) is 0 Å². The summed E-state index contributed by atoms with van der Waals surface area (Å²) in [5.41, 5.74) is 17.1. The Balaban J connectivity index is 1.13. The van der Waals surface area contributed by atoms with Crippen LogP contribution in [0.25, 0.3) is 34.4 Å². The van der Waals surface area contributed by atoms with Gasteiger partial charge in [-0.05, 0) is 0 Å². The van der Waals surface area contributed by atoms with Crippen LogP contribution in [0.2, 0.25) is 13.1 Å². The van der Waals surface area contributed by atoms with Crippen LogP contribution in [-0.2, 0) is 26.4 Å². The first kappa shape index (κ1) is 38.6. The van der Waals surface area contributed by atoms with E-state index >= 15 is 0 Å². The zero-order valence-electron chi connectivity index (χ0n) is 34.5. The molecule has 2 unspecified atom stereocenters. The van der Waals surface area contributed by atoms with Crippen LogP contribution >= 0.6 is 17.0 Å². The molecule has 4 bridgehead atoms. The summed E-state index contributed by atoms with van der Waals surface area (Å²) in [7, 11) is 17.6. The number of allylic oxidation sites excluding steroid dienone is 2. The molecule has 0 aliphatic heterocycles. The molecular weight excluding hydrogens is 803 g/mol. The maximum atomic E-state index is 8.80. The van der Waals surface area contributed by atoms with Crippen LogP contribution < -0.4 is 0 Å². The Morgan fingerprint density at radius 2 is 1.18 bits per heavy atom. The number of hydrogen-bond donors (Lipinski definition) is 0. The number of fused-ring (bicyclic) bond motifs is 2. The average molecular weight is 864 g/mol. The second-order valence-electron chi connectivity index (χ2n) is 20.3. The van der Waals surface area contributed by atoms with Crippen molar-refractivity contribution in [2.75, 3.05) is 0 Å². The Hall–Kier alpha value is -1.96. The van der Waals surface area contributed by atoms with Crippen molar-refractivity contribution in [3.05, 3.63) is 129 Å². The molecule has 4 aromatic rings. The van der Waals surface area contributed by atoms with Crippen molar-refractivity contribution in [3.8, 4) is 22.3 Å². The molecule has 4 saturated carbocycles. The average Bonchev–Trinajstić information content (AvgIpc) is 3.75. The molecule has 0 amide bonds. The Labute approximate surface area is 341 Å². The molecule has 2 atom stereocenters. The van der Waals surface area contributed by atoms with E-state index < -0.39 is 21.5 Å². The van der Waals surface area contributed by atoms with Crippen LogP contribution in [-0.4, -0.2) is 5.92 Å². The van der Waals surface area contributed by atoms with Gasteiger partial charge in [0.2, 0.25) is 0 Å². The van der Waals surface area contributed by atoms with Gasteiger partial charge in [0, 0.05) is 0 Å². The van der Waals surface area contributed by atoms with Gasteiger partial charge in [0.25, 0.3) is 0 Å². The third kappa shape index (κ3) is 6.03. The molecule has 287 valence electrons. The first-order chi connectivity index (χ1) is 26.1. The number of rotatable bonds is 8. The standard InChI is InChI=1S/C27H29.C22H25.C2H7Si.2ClH.Zr/c1-2-18-13-23-4-3-5-25(26(23)14-18)22-6-8-24(9-7-22)27-15-19-10-20(16-27)12-21(11-19)17-27;1-15(2)18-13-17-7-6-8-20(21(17)14-18)16-9-11-19(12-10-16)22(3,4)5;1-3-2;;;/h3-9,13-14,19-21H,2,10-12,15-17H2,1H3;6-15H,1-5H3;3H,1-2H3;2*1H;/q;;;;;+2/p-2. The van der Waals surface area contributed by atoms with Crippen LogP contribution in [0.5, 0.6) is 0 Å². The SMILES string of the molecule is CCC1=Cc2c(-c3ccc(C45CC6CC(CC(C6)C4)C5)cc3)cccc2[CH]1[Zr]([Cl])([Cl])([CH]1C(C(C)C)=Cc2c(-c3ccc(C(C)(C)C)cc3)cccc21)[SiH](C)C. The van der Waals surface area contributed by atoms with Crippen LogP contribution in [0.3, 0.4) is 0 Å². The van der Waals surface area contributed by atoms with E-state index in [-0.39, 0.29) is 12.7 Å². The van der Waals surface area contributed by atoms with E-state index in [1.54, 1.807) is 5.56 Å². The van der Waals surface area contributed by atoms with Crippen molar-refractivity contribution >= 4 is 35.1 Å². The Bertz CT molecular complexity index is 2180. The van der Waals surface area contributed by atoms with Gasteiger partial charge in [-0.3, -0.25) is 0 Å². The van der Waals surface area contributed by atoms with Crippen LogP contribution in [0, 0.1) is 23.7 Å². The first-order valence-corrected chi connectivity index (χ1v) is 37.9. The van der Waals surface area contributed by atoms with E-state index in [1.807, 2.05) is 0 Å². The maximum absolute atomic E-state index is 8.80. The van der Waals surface area contributed by atoms with Crippen molar-refractivity contribution in [1.29, 1.82) is 0 Å². The molecule has 0 heterocycles. The minimum absolute atomic E-state index is 0.0920. The molecule has 0 spiro atoms. The molecule has 4 aromatic carbocycles. The molecule has 0 radical (unpaired) electrons. The van der Waals surface area contributed by atoms with E-state index in [0.29, 0.717) is 11.3 Å². The zero-order chi connectivity index (χ0) is 38.7. The summed E-state index contributed by atoms with van der Waals surface area (Å²) in [6, 6.07) is 33.2. The Kier molecular flexibility index (Phi) is 9.50. The van der Waals surface area contributed by atoms with Crippen LogP contribution in [0.1, 0.15) is 127 Å². The van der Waals surface area contributed by atoms with Crippen molar-refractivity contribution in [2.24, 2.45) is 23.7 Å². The first-order valence-electron chi connectivity index (χ1n) is 21.6. The normalized spacial score (nSPS) is 27.6. The molecule has 10 rings (SSSR count). The van der Waals surface area contributed by atoms with Crippen molar-refractivity contribution in [1.82, 2.24) is 0 Å². The fraction of sp³-hybridized carbons (Fsp3) is 0.451. The summed E-state index contributed by atoms with van der Waals surface area (Å²) in [5.74, 6) is 1.56. The number of hydrogen-bond acceptors (Lipinski definition) is 0. The predicted octanol–water partition coefficient (Wildman–Crippen LogP) is 15.4. The molecule has 6 aliphatic rings. The third-order valence-electron chi connectivity index (χ3n) is 15.4. The molecule has 0 aromatic heterocycles. The van der Waals surface area contributed by atoms with Gasteiger partial charge >= 0.3 is 344 Å². The minimum atomic E-state index is -4.88. The Morgan fingerprint density at radius 1 is 0.691 bits per heavy atom. The Morgan fingerprint density at radius 3 is 1.65 bits per heavy atom. The molecule has 6 aliphatic carbocycles. The van der Waals surface area contributed by atoms with E-state index in [4.69, 9.17) is 17.0 Å². The van der Waals surface area contributed by atoms with Crippen molar-refractivity contribution < 1.29 is 15.6 Å². The van der Waals surface area contributed by atoms with Gasteiger partial charge in [-0.1, -0.05) is 0 Å². The van der Waals surface area contributed by atoms with Gasteiger partial charge in [-0.15, -0.1) is 0 Å². The van der Waals surface area contributed by atoms with E-state index in [2.05, 4.69) is 152 Å². The summed E-state index contributed by atoms with van der Waals surface area (Å²) >= 11 is -4.88. The fourth-order valence-corrected chi connectivity index (χ4v) is 44.6. The van der Waals surface area contributed by atoms with Gasteiger partial charge in [-0.2, -0.15) is 0 Å².